The number of halogens is 1. The Bertz CT molecular complexity index is 548. The number of fused-ring (bicyclic) bond motifs is 1. The van der Waals surface area contributed by atoms with E-state index in [0.717, 1.165) is 21.8 Å². The van der Waals surface area contributed by atoms with Gasteiger partial charge in [-0.25, -0.2) is 0 Å². The smallest absolute Gasteiger partial charge is 0.134 e. The fraction of sp³-hybridized carbons (Fsp3) is 0.429. The highest BCUT2D eigenvalue weighted by Crippen LogP contribution is 2.37. The Kier molecular flexibility index (Phi) is 3.55. The van der Waals surface area contributed by atoms with E-state index in [9.17, 15) is 0 Å². The molecule has 4 heteroatoms. The molecular weight excluding hydrogens is 266 g/mol. The molecule has 0 radical (unpaired) electrons. The van der Waals surface area contributed by atoms with Crippen LogP contribution < -0.4 is 5.32 Å². The second-order valence-corrected chi connectivity index (χ2v) is 6.43. The lowest BCUT2D eigenvalue weighted by Crippen LogP contribution is -2.25. The van der Waals surface area contributed by atoms with Gasteiger partial charge in [0, 0.05) is 15.7 Å². The normalized spacial score (nSPS) is 21.6. The van der Waals surface area contributed by atoms with E-state index in [1.165, 1.54) is 18.6 Å². The molecule has 1 saturated heterocycles. The molecule has 1 aliphatic rings. The van der Waals surface area contributed by atoms with Crippen LogP contribution in [0.25, 0.3) is 11.0 Å². The van der Waals surface area contributed by atoms with Crippen LogP contribution in [0.2, 0.25) is 5.02 Å². The first-order valence-electron chi connectivity index (χ1n) is 6.26. The fourth-order valence-corrected chi connectivity index (χ4v) is 4.18. The standard InChI is InChI=1S/C14H16ClNOS/c1-16-14(13-3-2-6-18-13)12-8-9-7-10(15)4-5-11(9)17-12/h4-5,7-8,13-14,16H,2-3,6H2,1H3. The van der Waals surface area contributed by atoms with Crippen molar-refractivity contribution in [1.29, 1.82) is 0 Å². The second-order valence-electron chi connectivity index (χ2n) is 4.65. The first kappa shape index (κ1) is 12.4. The van der Waals surface area contributed by atoms with E-state index >= 15 is 0 Å². The van der Waals surface area contributed by atoms with Crippen LogP contribution >= 0.6 is 23.4 Å². The average Bonchev–Trinajstić information content (AvgIpc) is 2.98. The predicted octanol–water partition coefficient (Wildman–Crippen LogP) is 4.24. The molecule has 0 aliphatic carbocycles. The number of nitrogens with one attached hydrogen (secondary N) is 1. The fourth-order valence-electron chi connectivity index (χ4n) is 2.56. The van der Waals surface area contributed by atoms with Crippen molar-refractivity contribution in [1.82, 2.24) is 5.32 Å². The van der Waals surface area contributed by atoms with Gasteiger partial charge in [-0.2, -0.15) is 11.8 Å². The SMILES string of the molecule is CNC(c1cc2cc(Cl)ccc2o1)C1CCCS1. The molecule has 1 fully saturated rings. The van der Waals surface area contributed by atoms with Crippen molar-refractivity contribution in [3.05, 3.63) is 35.0 Å². The van der Waals surface area contributed by atoms with Crippen molar-refractivity contribution in [2.75, 3.05) is 12.8 Å². The van der Waals surface area contributed by atoms with Gasteiger partial charge in [-0.05, 0) is 49.9 Å². The summed E-state index contributed by atoms with van der Waals surface area (Å²) in [5.74, 6) is 2.28. The van der Waals surface area contributed by atoms with Gasteiger partial charge in [-0.3, -0.25) is 0 Å². The Balaban J connectivity index is 1.96. The van der Waals surface area contributed by atoms with Gasteiger partial charge in [0.25, 0.3) is 0 Å². The molecule has 0 spiro atoms. The van der Waals surface area contributed by atoms with Crippen LogP contribution in [0.15, 0.2) is 28.7 Å². The molecule has 2 nitrogen and oxygen atoms in total. The predicted molar refractivity (Wildman–Crippen MR) is 78.5 cm³/mol. The molecule has 2 heterocycles. The van der Waals surface area contributed by atoms with Crippen LogP contribution in [0.5, 0.6) is 0 Å². The summed E-state index contributed by atoms with van der Waals surface area (Å²) in [6, 6.07) is 8.18. The van der Waals surface area contributed by atoms with Crippen LogP contribution in [0.3, 0.4) is 0 Å². The van der Waals surface area contributed by atoms with E-state index in [0.29, 0.717) is 11.3 Å². The Morgan fingerprint density at radius 3 is 3.06 bits per heavy atom. The van der Waals surface area contributed by atoms with Crippen molar-refractivity contribution < 1.29 is 4.42 Å². The molecule has 1 N–H and O–H groups in total. The molecule has 0 saturated carbocycles. The Morgan fingerprint density at radius 2 is 2.33 bits per heavy atom. The largest absolute Gasteiger partial charge is 0.459 e. The lowest BCUT2D eigenvalue weighted by Gasteiger charge is -2.19. The number of hydrogen-bond acceptors (Lipinski definition) is 3. The summed E-state index contributed by atoms with van der Waals surface area (Å²) >= 11 is 8.04. The molecule has 1 aliphatic heterocycles. The van der Waals surface area contributed by atoms with Crippen molar-refractivity contribution in [3.8, 4) is 0 Å². The Hall–Kier alpha value is -0.640. The minimum Gasteiger partial charge on any atom is -0.459 e. The van der Waals surface area contributed by atoms with Crippen molar-refractivity contribution >= 4 is 34.3 Å². The number of thioether (sulfide) groups is 1. The van der Waals surface area contributed by atoms with Crippen LogP contribution in [-0.4, -0.2) is 18.1 Å². The third kappa shape index (κ3) is 2.27. The van der Waals surface area contributed by atoms with Gasteiger partial charge in [0.2, 0.25) is 0 Å². The molecule has 18 heavy (non-hydrogen) atoms. The summed E-state index contributed by atoms with van der Waals surface area (Å²) in [6.45, 7) is 0. The van der Waals surface area contributed by atoms with E-state index in [1.54, 1.807) is 0 Å². The van der Waals surface area contributed by atoms with Crippen molar-refractivity contribution in [2.24, 2.45) is 0 Å². The summed E-state index contributed by atoms with van der Waals surface area (Å²) in [5, 5.41) is 5.84. The van der Waals surface area contributed by atoms with Gasteiger partial charge in [0.15, 0.2) is 0 Å². The molecule has 3 rings (SSSR count). The zero-order chi connectivity index (χ0) is 12.5. The molecule has 96 valence electrons. The van der Waals surface area contributed by atoms with Gasteiger partial charge in [-0.1, -0.05) is 11.6 Å². The highest BCUT2D eigenvalue weighted by atomic mass is 35.5. The zero-order valence-corrected chi connectivity index (χ0v) is 11.9. The molecular formula is C14H16ClNOS. The summed E-state index contributed by atoms with van der Waals surface area (Å²) < 4.78 is 5.95. The molecule has 0 bridgehead atoms. The third-order valence-electron chi connectivity index (χ3n) is 3.45. The maximum absolute atomic E-state index is 6.01. The maximum Gasteiger partial charge on any atom is 0.134 e. The minimum atomic E-state index is 0.295. The zero-order valence-electron chi connectivity index (χ0n) is 10.3. The Morgan fingerprint density at radius 1 is 1.44 bits per heavy atom. The first-order valence-corrected chi connectivity index (χ1v) is 7.68. The highest BCUT2D eigenvalue weighted by Gasteiger charge is 2.28. The lowest BCUT2D eigenvalue weighted by atomic mass is 10.1. The average molecular weight is 282 g/mol. The number of hydrogen-bond donors (Lipinski definition) is 1. The first-order chi connectivity index (χ1) is 8.78. The van der Waals surface area contributed by atoms with Gasteiger partial charge in [-0.15, -0.1) is 0 Å². The highest BCUT2D eigenvalue weighted by molar-refractivity contribution is 8.00. The van der Waals surface area contributed by atoms with Gasteiger partial charge < -0.3 is 9.73 Å². The second kappa shape index (κ2) is 5.16. The maximum atomic E-state index is 6.01. The molecule has 2 atom stereocenters. The van der Waals surface area contributed by atoms with E-state index in [2.05, 4.69) is 11.4 Å². The molecule has 2 aromatic rings. The monoisotopic (exact) mass is 281 g/mol. The van der Waals surface area contributed by atoms with Gasteiger partial charge >= 0.3 is 0 Å². The summed E-state index contributed by atoms with van der Waals surface area (Å²) in [5.41, 5.74) is 0.914. The number of furan rings is 1. The minimum absolute atomic E-state index is 0.295. The van der Waals surface area contributed by atoms with E-state index in [-0.39, 0.29) is 0 Å². The van der Waals surface area contributed by atoms with E-state index in [1.807, 2.05) is 37.0 Å². The van der Waals surface area contributed by atoms with Crippen LogP contribution in [-0.2, 0) is 0 Å². The topological polar surface area (TPSA) is 25.2 Å². The molecule has 2 unspecified atom stereocenters. The number of benzene rings is 1. The Labute approximate surface area is 116 Å². The van der Waals surface area contributed by atoms with E-state index in [4.69, 9.17) is 16.0 Å². The summed E-state index contributed by atoms with van der Waals surface area (Å²) in [4.78, 5) is 0. The van der Waals surface area contributed by atoms with Crippen LogP contribution in [0, 0.1) is 0 Å². The lowest BCUT2D eigenvalue weighted by molar-refractivity contribution is 0.437. The molecule has 1 aromatic heterocycles. The summed E-state index contributed by atoms with van der Waals surface area (Å²) in [7, 11) is 2.00. The quantitative estimate of drug-likeness (QED) is 0.911. The molecule has 0 amide bonds. The van der Waals surface area contributed by atoms with Gasteiger partial charge in [0.05, 0.1) is 6.04 Å². The van der Waals surface area contributed by atoms with Crippen LogP contribution in [0.4, 0.5) is 0 Å². The van der Waals surface area contributed by atoms with Gasteiger partial charge in [0.1, 0.15) is 11.3 Å². The third-order valence-corrected chi connectivity index (χ3v) is 5.15. The van der Waals surface area contributed by atoms with Crippen molar-refractivity contribution in [2.45, 2.75) is 24.1 Å². The van der Waals surface area contributed by atoms with Crippen LogP contribution in [0.1, 0.15) is 24.6 Å². The molecule has 1 aromatic carbocycles. The van der Waals surface area contributed by atoms with Crippen molar-refractivity contribution in [3.63, 3.8) is 0 Å². The van der Waals surface area contributed by atoms with E-state index < -0.39 is 0 Å². The number of rotatable bonds is 3. The summed E-state index contributed by atoms with van der Waals surface area (Å²) in [6.07, 6.45) is 2.56.